The zero-order chi connectivity index (χ0) is 7.84. The van der Waals surface area contributed by atoms with Crippen LogP contribution in [0.1, 0.15) is 5.69 Å². The highest BCUT2D eigenvalue weighted by molar-refractivity contribution is 5.72. The molecule has 0 spiro atoms. The molecule has 0 atom stereocenters. The van der Waals surface area contributed by atoms with Crippen molar-refractivity contribution in [2.24, 2.45) is 0 Å². The molecular formula is C6H7N5. The second kappa shape index (κ2) is 1.91. The minimum atomic E-state index is 0.664. The van der Waals surface area contributed by atoms with Crippen molar-refractivity contribution in [2.75, 3.05) is 5.84 Å². The number of aryl methyl sites for hydroxylation is 1. The summed E-state index contributed by atoms with van der Waals surface area (Å²) in [4.78, 5) is 12.0. The number of hydrogen-bond donors (Lipinski definition) is 1. The Labute approximate surface area is 62.9 Å². The minimum Gasteiger partial charge on any atom is -0.336 e. The lowest BCUT2D eigenvalue weighted by Gasteiger charge is -1.92. The van der Waals surface area contributed by atoms with Gasteiger partial charge in [-0.05, 0) is 6.92 Å². The molecule has 0 aliphatic rings. The summed E-state index contributed by atoms with van der Waals surface area (Å²) in [5.41, 5.74) is 2.27. The van der Waals surface area contributed by atoms with E-state index < -0.39 is 0 Å². The Balaban J connectivity index is 2.94. The highest BCUT2D eigenvalue weighted by Crippen LogP contribution is 2.08. The minimum absolute atomic E-state index is 0.664. The zero-order valence-electron chi connectivity index (χ0n) is 6.02. The van der Waals surface area contributed by atoms with Gasteiger partial charge in [0.15, 0.2) is 5.65 Å². The fourth-order valence-electron chi connectivity index (χ4n) is 0.969. The van der Waals surface area contributed by atoms with Crippen LogP contribution in [0.15, 0.2) is 12.7 Å². The van der Waals surface area contributed by atoms with Crippen molar-refractivity contribution in [3.8, 4) is 0 Å². The van der Waals surface area contributed by atoms with Gasteiger partial charge < -0.3 is 5.84 Å². The quantitative estimate of drug-likeness (QED) is 0.529. The molecule has 0 saturated carbocycles. The Morgan fingerprint density at radius 1 is 1.36 bits per heavy atom. The van der Waals surface area contributed by atoms with E-state index in [2.05, 4.69) is 15.0 Å². The van der Waals surface area contributed by atoms with E-state index in [4.69, 9.17) is 5.84 Å². The van der Waals surface area contributed by atoms with Gasteiger partial charge in [0, 0.05) is 0 Å². The van der Waals surface area contributed by atoms with Crippen molar-refractivity contribution in [2.45, 2.75) is 6.92 Å². The van der Waals surface area contributed by atoms with Crippen LogP contribution in [-0.2, 0) is 0 Å². The monoisotopic (exact) mass is 149 g/mol. The van der Waals surface area contributed by atoms with Gasteiger partial charge in [-0.15, -0.1) is 0 Å². The zero-order valence-corrected chi connectivity index (χ0v) is 6.02. The Kier molecular flexibility index (Phi) is 1.06. The average Bonchev–Trinajstić information content (AvgIpc) is 2.35. The molecule has 0 aliphatic carbocycles. The van der Waals surface area contributed by atoms with E-state index in [1.54, 1.807) is 0 Å². The first-order valence-electron chi connectivity index (χ1n) is 3.19. The second-order valence-electron chi connectivity index (χ2n) is 2.28. The fourth-order valence-corrected chi connectivity index (χ4v) is 0.969. The van der Waals surface area contributed by atoms with E-state index in [0.29, 0.717) is 5.65 Å². The Morgan fingerprint density at radius 2 is 2.18 bits per heavy atom. The summed E-state index contributed by atoms with van der Waals surface area (Å²) in [5.74, 6) is 5.51. The van der Waals surface area contributed by atoms with Crippen LogP contribution in [0.25, 0.3) is 11.2 Å². The average molecular weight is 149 g/mol. The number of imidazole rings is 1. The third-order valence-corrected chi connectivity index (χ3v) is 1.54. The van der Waals surface area contributed by atoms with Crippen molar-refractivity contribution >= 4 is 11.2 Å². The molecule has 2 aromatic rings. The molecule has 2 N–H and O–H groups in total. The lowest BCUT2D eigenvalue weighted by molar-refractivity contribution is 1.01. The molecule has 11 heavy (non-hydrogen) atoms. The maximum atomic E-state index is 5.51. The third-order valence-electron chi connectivity index (χ3n) is 1.54. The maximum absolute atomic E-state index is 5.51. The van der Waals surface area contributed by atoms with E-state index in [1.807, 2.05) is 6.92 Å². The molecule has 0 bridgehead atoms. The molecule has 0 aromatic carbocycles. The van der Waals surface area contributed by atoms with Crippen LogP contribution in [0.3, 0.4) is 0 Å². The molecule has 56 valence electrons. The van der Waals surface area contributed by atoms with Crippen LogP contribution in [-0.4, -0.2) is 19.6 Å². The molecule has 0 saturated heterocycles. The summed E-state index contributed by atoms with van der Waals surface area (Å²) in [5, 5.41) is 0. The number of hydrogen-bond acceptors (Lipinski definition) is 4. The first-order chi connectivity index (χ1) is 5.29. The second-order valence-corrected chi connectivity index (χ2v) is 2.28. The molecule has 2 rings (SSSR count). The predicted octanol–water partition coefficient (Wildman–Crippen LogP) is -0.151. The van der Waals surface area contributed by atoms with Crippen LogP contribution in [0.5, 0.6) is 0 Å². The Morgan fingerprint density at radius 3 is 2.91 bits per heavy atom. The van der Waals surface area contributed by atoms with Crippen molar-refractivity contribution in [3.05, 3.63) is 18.3 Å². The number of nitrogens with two attached hydrogens (primary N) is 1. The molecule has 0 fully saturated rings. The third kappa shape index (κ3) is 0.739. The van der Waals surface area contributed by atoms with Gasteiger partial charge in [-0.2, -0.15) is 0 Å². The van der Waals surface area contributed by atoms with E-state index in [9.17, 15) is 0 Å². The molecule has 2 aromatic heterocycles. The van der Waals surface area contributed by atoms with E-state index in [1.165, 1.54) is 17.3 Å². The summed E-state index contributed by atoms with van der Waals surface area (Å²) in [6.45, 7) is 1.87. The van der Waals surface area contributed by atoms with Crippen LogP contribution >= 0.6 is 0 Å². The fraction of sp³-hybridized carbons (Fsp3) is 0.167. The van der Waals surface area contributed by atoms with Crippen LogP contribution in [0.4, 0.5) is 0 Å². The normalized spacial score (nSPS) is 10.6. The van der Waals surface area contributed by atoms with E-state index in [0.717, 1.165) is 11.2 Å². The van der Waals surface area contributed by atoms with Gasteiger partial charge >= 0.3 is 0 Å². The van der Waals surface area contributed by atoms with Crippen molar-refractivity contribution in [1.29, 1.82) is 0 Å². The molecular weight excluding hydrogens is 142 g/mol. The van der Waals surface area contributed by atoms with Gasteiger partial charge in [0.05, 0.1) is 5.69 Å². The molecule has 0 radical (unpaired) electrons. The Bertz CT molecular complexity index is 391. The Hall–Kier alpha value is -1.65. The number of rotatable bonds is 0. The summed E-state index contributed by atoms with van der Waals surface area (Å²) in [6.07, 6.45) is 3.00. The topological polar surface area (TPSA) is 69.6 Å². The molecule has 0 amide bonds. The number of fused-ring (bicyclic) bond motifs is 1. The van der Waals surface area contributed by atoms with Crippen molar-refractivity contribution in [3.63, 3.8) is 0 Å². The summed E-state index contributed by atoms with van der Waals surface area (Å²) >= 11 is 0. The lowest BCUT2D eigenvalue weighted by atomic mass is 10.4. The molecule has 2 heterocycles. The van der Waals surface area contributed by atoms with Gasteiger partial charge in [-0.1, -0.05) is 0 Å². The van der Waals surface area contributed by atoms with E-state index >= 15 is 0 Å². The molecule has 0 unspecified atom stereocenters. The van der Waals surface area contributed by atoms with Crippen LogP contribution in [0.2, 0.25) is 0 Å². The van der Waals surface area contributed by atoms with Gasteiger partial charge in [-0.3, -0.25) is 0 Å². The van der Waals surface area contributed by atoms with Crippen LogP contribution < -0.4 is 5.84 Å². The number of nitrogen functional groups attached to an aromatic ring is 1. The summed E-state index contributed by atoms with van der Waals surface area (Å²) in [6, 6.07) is 0. The SMILES string of the molecule is Cc1ncnc2c1ncn2N. The number of aromatic nitrogens is 4. The first kappa shape index (κ1) is 6.09. The number of nitrogens with zero attached hydrogens (tertiary/aromatic N) is 4. The van der Waals surface area contributed by atoms with Gasteiger partial charge in [0.25, 0.3) is 0 Å². The van der Waals surface area contributed by atoms with Crippen molar-refractivity contribution in [1.82, 2.24) is 19.6 Å². The highest BCUT2D eigenvalue weighted by atomic mass is 15.3. The highest BCUT2D eigenvalue weighted by Gasteiger charge is 2.03. The van der Waals surface area contributed by atoms with Gasteiger partial charge in [-0.25, -0.2) is 19.6 Å². The van der Waals surface area contributed by atoms with Gasteiger partial charge in [0.1, 0.15) is 18.2 Å². The molecule has 5 heteroatoms. The van der Waals surface area contributed by atoms with E-state index in [-0.39, 0.29) is 0 Å². The molecule has 5 nitrogen and oxygen atoms in total. The largest absolute Gasteiger partial charge is 0.336 e. The van der Waals surface area contributed by atoms with Crippen molar-refractivity contribution < 1.29 is 0 Å². The first-order valence-corrected chi connectivity index (χ1v) is 3.19. The lowest BCUT2D eigenvalue weighted by Crippen LogP contribution is -2.06. The predicted molar refractivity (Wildman–Crippen MR) is 40.2 cm³/mol. The summed E-state index contributed by atoms with van der Waals surface area (Å²) in [7, 11) is 0. The van der Waals surface area contributed by atoms with Crippen LogP contribution in [0, 0.1) is 6.92 Å². The smallest absolute Gasteiger partial charge is 0.181 e. The summed E-state index contributed by atoms with van der Waals surface area (Å²) < 4.78 is 1.38. The molecule has 0 aliphatic heterocycles. The van der Waals surface area contributed by atoms with Gasteiger partial charge in [0.2, 0.25) is 0 Å². The maximum Gasteiger partial charge on any atom is 0.181 e. The standard InChI is InChI=1S/C6H7N5/c1-4-5-6(9-2-8-4)11(7)3-10-5/h2-3H,7H2,1H3.